The molecular weight excluding hydrogens is 420 g/mol. The van der Waals surface area contributed by atoms with E-state index in [4.69, 9.17) is 0 Å². The fraction of sp³-hybridized carbons (Fsp3) is 0.158. The van der Waals surface area contributed by atoms with Crippen LogP contribution >= 0.6 is 0 Å². The minimum Gasteiger partial charge on any atom is -0.481 e. The van der Waals surface area contributed by atoms with Gasteiger partial charge in [-0.15, -0.1) is 0 Å². The van der Waals surface area contributed by atoms with E-state index in [-0.39, 0.29) is 0 Å². The Kier molecular flexibility index (Phi) is 5.96. The van der Waals surface area contributed by atoms with Crippen LogP contribution in [-0.4, -0.2) is 68.5 Å². The molecule has 1 aliphatic carbocycles. The van der Waals surface area contributed by atoms with E-state index in [9.17, 15) is 54.3 Å². The van der Waals surface area contributed by atoms with Crippen molar-refractivity contribution >= 4 is 35.8 Å². The van der Waals surface area contributed by atoms with Crippen molar-refractivity contribution in [2.24, 2.45) is 5.92 Å². The minimum atomic E-state index is -3.21. The third-order valence-electron chi connectivity index (χ3n) is 4.75. The van der Waals surface area contributed by atoms with E-state index in [1.807, 2.05) is 0 Å². The van der Waals surface area contributed by atoms with Crippen molar-refractivity contribution in [2.45, 2.75) is 5.41 Å². The Morgan fingerprint density at radius 3 is 1.71 bits per heavy atom. The fourth-order valence-corrected chi connectivity index (χ4v) is 3.67. The van der Waals surface area contributed by atoms with Gasteiger partial charge >= 0.3 is 35.8 Å². The maximum Gasteiger partial charge on any atom is 0.339 e. The van der Waals surface area contributed by atoms with Crippen molar-refractivity contribution in [3.8, 4) is 0 Å². The molecule has 2 rings (SSSR count). The molecule has 12 heteroatoms. The van der Waals surface area contributed by atoms with Crippen LogP contribution in [0.4, 0.5) is 0 Å². The smallest absolute Gasteiger partial charge is 0.339 e. The highest BCUT2D eigenvalue weighted by Crippen LogP contribution is 2.50. The van der Waals surface area contributed by atoms with Crippen molar-refractivity contribution in [1.82, 2.24) is 0 Å². The summed E-state index contributed by atoms with van der Waals surface area (Å²) in [6.45, 7) is 0. The average Bonchev–Trinajstić information content (AvgIpc) is 2.70. The first-order valence-corrected chi connectivity index (χ1v) is 8.23. The molecule has 0 aromatic heterocycles. The molecule has 1 aromatic carbocycles. The number of carbonyl (C=O) groups is 6. The SMILES string of the molecule is COC(=O)C1=C(C(=O)O)C(C(=O)O)C(C(=O)O)(c2ccccc2)C(C(=O)O)=C1C(=O)O. The second kappa shape index (κ2) is 8.10. The van der Waals surface area contributed by atoms with Crippen LogP contribution in [-0.2, 0) is 38.9 Å². The Labute approximate surface area is 172 Å². The first kappa shape index (κ1) is 22.8. The summed E-state index contributed by atoms with van der Waals surface area (Å²) in [5, 5.41) is 49.0. The molecule has 162 valence electrons. The van der Waals surface area contributed by atoms with Gasteiger partial charge in [0, 0.05) is 0 Å². The van der Waals surface area contributed by atoms with Gasteiger partial charge in [0.15, 0.2) is 0 Å². The number of benzene rings is 1. The van der Waals surface area contributed by atoms with Gasteiger partial charge in [0.1, 0.15) is 11.3 Å². The molecule has 0 amide bonds. The lowest BCUT2D eigenvalue weighted by Gasteiger charge is -2.40. The first-order valence-electron chi connectivity index (χ1n) is 8.23. The number of carboxylic acids is 5. The minimum absolute atomic E-state index is 0.520. The summed E-state index contributed by atoms with van der Waals surface area (Å²) in [4.78, 5) is 73.1. The lowest BCUT2D eigenvalue weighted by molar-refractivity contribution is -0.156. The summed E-state index contributed by atoms with van der Waals surface area (Å²) >= 11 is 0. The van der Waals surface area contributed by atoms with E-state index in [1.54, 1.807) is 0 Å². The first-order chi connectivity index (χ1) is 14.4. The molecule has 12 nitrogen and oxygen atoms in total. The number of carboxylic acid groups (broad SMARTS) is 5. The lowest BCUT2D eigenvalue weighted by Crippen LogP contribution is -2.55. The zero-order chi connectivity index (χ0) is 23.7. The zero-order valence-electron chi connectivity index (χ0n) is 15.6. The highest BCUT2D eigenvalue weighted by atomic mass is 16.5. The molecule has 0 radical (unpaired) electrons. The van der Waals surface area contributed by atoms with Gasteiger partial charge in [-0.05, 0) is 5.56 Å². The molecule has 5 N–H and O–H groups in total. The zero-order valence-corrected chi connectivity index (χ0v) is 15.6. The van der Waals surface area contributed by atoms with Crippen molar-refractivity contribution in [2.75, 3.05) is 7.11 Å². The molecular formula is C19H14O12. The number of aliphatic carboxylic acids is 5. The Morgan fingerprint density at radius 2 is 1.35 bits per heavy atom. The number of rotatable bonds is 7. The monoisotopic (exact) mass is 434 g/mol. The van der Waals surface area contributed by atoms with E-state index < -0.39 is 75.0 Å². The van der Waals surface area contributed by atoms with E-state index in [0.29, 0.717) is 0 Å². The van der Waals surface area contributed by atoms with Crippen molar-refractivity contribution in [3.05, 3.63) is 58.2 Å². The van der Waals surface area contributed by atoms with Gasteiger partial charge in [-0.3, -0.25) is 9.59 Å². The molecule has 1 aromatic rings. The van der Waals surface area contributed by atoms with Crippen LogP contribution in [0.3, 0.4) is 0 Å². The summed E-state index contributed by atoms with van der Waals surface area (Å²) in [7, 11) is 0.723. The molecule has 1 aliphatic rings. The Morgan fingerprint density at radius 1 is 0.806 bits per heavy atom. The molecule has 0 aliphatic heterocycles. The topological polar surface area (TPSA) is 213 Å². The third kappa shape index (κ3) is 3.29. The highest BCUT2D eigenvalue weighted by Gasteiger charge is 2.64. The van der Waals surface area contributed by atoms with Crippen LogP contribution in [0.1, 0.15) is 5.56 Å². The van der Waals surface area contributed by atoms with Crippen LogP contribution in [0.15, 0.2) is 52.6 Å². The molecule has 0 saturated heterocycles. The Hall–Kier alpha value is -4.48. The summed E-state index contributed by atoms with van der Waals surface area (Å²) in [6, 6.07) is 5.84. The predicted octanol–water partition coefficient (Wildman–Crippen LogP) is -0.257. The second-order valence-corrected chi connectivity index (χ2v) is 6.20. The maximum atomic E-state index is 12.5. The predicted molar refractivity (Wildman–Crippen MR) is 95.9 cm³/mol. The van der Waals surface area contributed by atoms with E-state index >= 15 is 0 Å². The van der Waals surface area contributed by atoms with Crippen LogP contribution in [0, 0.1) is 5.92 Å². The van der Waals surface area contributed by atoms with E-state index in [2.05, 4.69) is 4.74 Å². The molecule has 0 saturated carbocycles. The van der Waals surface area contributed by atoms with Crippen LogP contribution in [0.5, 0.6) is 0 Å². The van der Waals surface area contributed by atoms with Gasteiger partial charge in [-0.25, -0.2) is 19.2 Å². The number of esters is 1. The van der Waals surface area contributed by atoms with Crippen LogP contribution in [0.2, 0.25) is 0 Å². The van der Waals surface area contributed by atoms with Gasteiger partial charge in [0.2, 0.25) is 0 Å². The Balaban J connectivity index is 3.34. The molecule has 2 atom stereocenters. The number of ether oxygens (including phenoxy) is 1. The highest BCUT2D eigenvalue weighted by molar-refractivity contribution is 6.21. The van der Waals surface area contributed by atoms with Crippen LogP contribution in [0.25, 0.3) is 0 Å². The van der Waals surface area contributed by atoms with Crippen molar-refractivity contribution in [3.63, 3.8) is 0 Å². The van der Waals surface area contributed by atoms with Gasteiger partial charge in [-0.2, -0.15) is 0 Å². The van der Waals surface area contributed by atoms with Gasteiger partial charge in [-0.1, -0.05) is 30.3 Å². The van der Waals surface area contributed by atoms with Gasteiger partial charge in [0.25, 0.3) is 0 Å². The van der Waals surface area contributed by atoms with Crippen LogP contribution < -0.4 is 0 Å². The normalized spacial score (nSPS) is 20.7. The molecule has 31 heavy (non-hydrogen) atoms. The third-order valence-corrected chi connectivity index (χ3v) is 4.75. The second-order valence-electron chi connectivity index (χ2n) is 6.20. The van der Waals surface area contributed by atoms with Crippen molar-refractivity contribution in [1.29, 1.82) is 0 Å². The van der Waals surface area contributed by atoms with Gasteiger partial charge < -0.3 is 30.3 Å². The van der Waals surface area contributed by atoms with E-state index in [0.717, 1.165) is 19.2 Å². The lowest BCUT2D eigenvalue weighted by atomic mass is 9.57. The van der Waals surface area contributed by atoms with Crippen molar-refractivity contribution < 1.29 is 59.0 Å². The largest absolute Gasteiger partial charge is 0.481 e. The maximum absolute atomic E-state index is 12.5. The summed E-state index contributed by atoms with van der Waals surface area (Å²) in [5.74, 6) is -15.1. The average molecular weight is 434 g/mol. The van der Waals surface area contributed by atoms with E-state index in [1.165, 1.54) is 18.2 Å². The Bertz CT molecular complexity index is 1080. The molecule has 0 heterocycles. The number of carbonyl (C=O) groups excluding carboxylic acids is 1. The molecule has 0 spiro atoms. The summed E-state index contributed by atoms with van der Waals surface area (Å²) in [6.07, 6.45) is 0. The standard InChI is InChI=1S/C19H14O12/c1-31-17(28)8-9(13(20)21)11(15(24)25)19(18(29)30,7-5-3-2-4-6-7)12(16(26)27)10(8)14(22)23/h2-6,11H,1H3,(H,20,21)(H,22,23)(H,24,25)(H,26,27)(H,29,30). The molecule has 0 fully saturated rings. The number of methoxy groups -OCH3 is 1. The summed E-state index contributed by atoms with van der Waals surface area (Å²) in [5.41, 5.74) is -9.54. The molecule has 2 unspecified atom stereocenters. The number of hydrogen-bond donors (Lipinski definition) is 5. The number of hydrogen-bond acceptors (Lipinski definition) is 7. The summed E-state index contributed by atoms with van der Waals surface area (Å²) < 4.78 is 4.35. The van der Waals surface area contributed by atoms with Gasteiger partial charge in [0.05, 0.1) is 29.4 Å². The fourth-order valence-electron chi connectivity index (χ4n) is 3.67. The molecule has 0 bridgehead atoms. The quantitative estimate of drug-likeness (QED) is 0.351.